The Morgan fingerprint density at radius 3 is 2.50 bits per heavy atom. The van der Waals surface area contributed by atoms with Crippen LogP contribution in [-0.4, -0.2) is 24.1 Å². The smallest absolute Gasteiger partial charge is 0.271 e. The van der Waals surface area contributed by atoms with Gasteiger partial charge in [-0.1, -0.05) is 26.0 Å². The highest BCUT2D eigenvalue weighted by molar-refractivity contribution is 5.93. The van der Waals surface area contributed by atoms with Crippen molar-refractivity contribution in [1.82, 2.24) is 5.06 Å². The molecule has 0 unspecified atom stereocenters. The topological polar surface area (TPSA) is 29.5 Å². The van der Waals surface area contributed by atoms with Crippen molar-refractivity contribution in [3.63, 3.8) is 0 Å². The Kier molecular flexibility index (Phi) is 3.25. The molecule has 0 bridgehead atoms. The third-order valence-corrected chi connectivity index (χ3v) is 2.80. The van der Waals surface area contributed by atoms with Gasteiger partial charge < -0.3 is 0 Å². The molecule has 16 heavy (non-hydrogen) atoms. The van der Waals surface area contributed by atoms with Crippen molar-refractivity contribution < 1.29 is 9.63 Å². The second-order valence-electron chi connectivity index (χ2n) is 4.37. The number of nitrogens with zero attached hydrogens (tertiary/aromatic N) is 1. The lowest BCUT2D eigenvalue weighted by molar-refractivity contribution is -0.0768. The summed E-state index contributed by atoms with van der Waals surface area (Å²) in [6, 6.07) is 7.76. The van der Waals surface area contributed by atoms with E-state index in [0.29, 0.717) is 24.6 Å². The van der Waals surface area contributed by atoms with Crippen molar-refractivity contribution in [3.8, 4) is 0 Å². The number of carbonyl (C=O) groups is 1. The second kappa shape index (κ2) is 4.66. The monoisotopic (exact) mass is 219 g/mol. The van der Waals surface area contributed by atoms with Gasteiger partial charge >= 0.3 is 0 Å². The first kappa shape index (κ1) is 11.1. The van der Waals surface area contributed by atoms with Crippen LogP contribution in [0.25, 0.3) is 0 Å². The SMILES string of the molecule is CC(C)c1ccc(C(=O)N2CCCO2)cc1. The molecule has 0 aromatic heterocycles. The summed E-state index contributed by atoms with van der Waals surface area (Å²) in [4.78, 5) is 17.2. The van der Waals surface area contributed by atoms with E-state index in [1.165, 1.54) is 10.6 Å². The van der Waals surface area contributed by atoms with Gasteiger partial charge in [-0.15, -0.1) is 0 Å². The maximum absolute atomic E-state index is 11.9. The van der Waals surface area contributed by atoms with E-state index in [4.69, 9.17) is 4.84 Å². The zero-order valence-corrected chi connectivity index (χ0v) is 9.77. The maximum atomic E-state index is 11.9. The van der Waals surface area contributed by atoms with Crippen molar-refractivity contribution in [2.24, 2.45) is 0 Å². The summed E-state index contributed by atoms with van der Waals surface area (Å²) in [5.74, 6) is 0.458. The standard InChI is InChI=1S/C13H17NO2/c1-10(2)11-4-6-12(7-5-11)13(15)14-8-3-9-16-14/h4-7,10H,3,8-9H2,1-2H3. The molecule has 0 atom stereocenters. The highest BCUT2D eigenvalue weighted by Crippen LogP contribution is 2.16. The predicted molar refractivity (Wildman–Crippen MR) is 62.1 cm³/mol. The van der Waals surface area contributed by atoms with Gasteiger partial charge in [-0.3, -0.25) is 9.63 Å². The fourth-order valence-corrected chi connectivity index (χ4v) is 1.76. The maximum Gasteiger partial charge on any atom is 0.277 e. The van der Waals surface area contributed by atoms with Gasteiger partial charge in [0.05, 0.1) is 13.2 Å². The number of hydroxylamine groups is 2. The van der Waals surface area contributed by atoms with E-state index in [2.05, 4.69) is 13.8 Å². The van der Waals surface area contributed by atoms with Crippen LogP contribution < -0.4 is 0 Å². The molecule has 0 spiro atoms. The molecule has 2 rings (SSSR count). The Bertz CT molecular complexity index is 364. The molecule has 0 aliphatic carbocycles. The van der Waals surface area contributed by atoms with Gasteiger partial charge in [0.1, 0.15) is 0 Å². The minimum absolute atomic E-state index is 0.0344. The fourth-order valence-electron chi connectivity index (χ4n) is 1.76. The molecule has 1 aliphatic rings. The minimum atomic E-state index is -0.0344. The van der Waals surface area contributed by atoms with Gasteiger partial charge in [0.15, 0.2) is 0 Å². The highest BCUT2D eigenvalue weighted by atomic mass is 16.7. The number of carbonyl (C=O) groups excluding carboxylic acids is 1. The fraction of sp³-hybridized carbons (Fsp3) is 0.462. The summed E-state index contributed by atoms with van der Waals surface area (Å²) in [6.07, 6.45) is 0.926. The van der Waals surface area contributed by atoms with E-state index in [1.807, 2.05) is 24.3 Å². The Labute approximate surface area is 96.0 Å². The lowest BCUT2D eigenvalue weighted by Gasteiger charge is -2.14. The van der Waals surface area contributed by atoms with Crippen molar-refractivity contribution in [3.05, 3.63) is 35.4 Å². The molecule has 0 radical (unpaired) electrons. The number of rotatable bonds is 2. The van der Waals surface area contributed by atoms with Crippen LogP contribution in [0.4, 0.5) is 0 Å². The van der Waals surface area contributed by atoms with E-state index < -0.39 is 0 Å². The predicted octanol–water partition coefficient (Wildman–Crippen LogP) is 2.59. The Morgan fingerprint density at radius 2 is 2.00 bits per heavy atom. The summed E-state index contributed by atoms with van der Waals surface area (Å²) in [5.41, 5.74) is 1.95. The van der Waals surface area contributed by atoms with Crippen molar-refractivity contribution in [2.45, 2.75) is 26.2 Å². The molecule has 1 fully saturated rings. The molecular formula is C13H17NO2. The first-order chi connectivity index (χ1) is 7.68. The first-order valence-corrected chi connectivity index (χ1v) is 5.73. The van der Waals surface area contributed by atoms with Crippen LogP contribution in [-0.2, 0) is 4.84 Å². The third-order valence-electron chi connectivity index (χ3n) is 2.80. The van der Waals surface area contributed by atoms with E-state index in [0.717, 1.165) is 6.42 Å². The van der Waals surface area contributed by atoms with Crippen LogP contribution >= 0.6 is 0 Å². The molecule has 1 aliphatic heterocycles. The normalized spacial score (nSPS) is 15.8. The summed E-state index contributed by atoms with van der Waals surface area (Å²) in [5, 5.41) is 1.45. The molecule has 1 amide bonds. The van der Waals surface area contributed by atoms with Gasteiger partial charge in [0.2, 0.25) is 0 Å². The average molecular weight is 219 g/mol. The molecule has 1 aromatic carbocycles. The molecule has 3 heteroatoms. The number of benzene rings is 1. The molecule has 86 valence electrons. The van der Waals surface area contributed by atoms with Crippen molar-refractivity contribution in [2.75, 3.05) is 13.2 Å². The van der Waals surface area contributed by atoms with Crippen LogP contribution in [0.3, 0.4) is 0 Å². The van der Waals surface area contributed by atoms with Crippen molar-refractivity contribution >= 4 is 5.91 Å². The highest BCUT2D eigenvalue weighted by Gasteiger charge is 2.20. The zero-order valence-electron chi connectivity index (χ0n) is 9.77. The quantitative estimate of drug-likeness (QED) is 0.765. The Hall–Kier alpha value is -1.35. The summed E-state index contributed by atoms with van der Waals surface area (Å²) < 4.78 is 0. The molecule has 1 aromatic rings. The molecule has 0 N–H and O–H groups in total. The third kappa shape index (κ3) is 2.25. The second-order valence-corrected chi connectivity index (χ2v) is 4.37. The van der Waals surface area contributed by atoms with Crippen LogP contribution in [0.5, 0.6) is 0 Å². The first-order valence-electron chi connectivity index (χ1n) is 5.73. The van der Waals surface area contributed by atoms with Crippen LogP contribution in [0.15, 0.2) is 24.3 Å². The lowest BCUT2D eigenvalue weighted by atomic mass is 10.0. The lowest BCUT2D eigenvalue weighted by Crippen LogP contribution is -2.26. The van der Waals surface area contributed by atoms with Gasteiger partial charge in [-0.05, 0) is 30.0 Å². The number of amides is 1. The number of hydrogen-bond donors (Lipinski definition) is 0. The molecule has 0 saturated carbocycles. The zero-order chi connectivity index (χ0) is 11.5. The summed E-state index contributed by atoms with van der Waals surface area (Å²) in [7, 11) is 0. The summed E-state index contributed by atoms with van der Waals surface area (Å²) >= 11 is 0. The molecule has 3 nitrogen and oxygen atoms in total. The Balaban J connectivity index is 2.11. The van der Waals surface area contributed by atoms with Crippen LogP contribution in [0.2, 0.25) is 0 Å². The average Bonchev–Trinajstić information content (AvgIpc) is 2.81. The van der Waals surface area contributed by atoms with Gasteiger partial charge in [-0.25, -0.2) is 5.06 Å². The largest absolute Gasteiger partial charge is 0.277 e. The van der Waals surface area contributed by atoms with Crippen molar-refractivity contribution in [1.29, 1.82) is 0 Å². The van der Waals surface area contributed by atoms with Gasteiger partial charge in [0.25, 0.3) is 5.91 Å². The van der Waals surface area contributed by atoms with Gasteiger partial charge in [-0.2, -0.15) is 0 Å². The van der Waals surface area contributed by atoms with Crippen LogP contribution in [0, 0.1) is 0 Å². The van der Waals surface area contributed by atoms with Gasteiger partial charge in [0, 0.05) is 5.56 Å². The molecule has 1 saturated heterocycles. The Morgan fingerprint density at radius 1 is 1.31 bits per heavy atom. The minimum Gasteiger partial charge on any atom is -0.271 e. The van der Waals surface area contributed by atoms with E-state index >= 15 is 0 Å². The van der Waals surface area contributed by atoms with E-state index in [1.54, 1.807) is 0 Å². The van der Waals surface area contributed by atoms with E-state index in [9.17, 15) is 4.79 Å². The van der Waals surface area contributed by atoms with E-state index in [-0.39, 0.29) is 5.91 Å². The molecule has 1 heterocycles. The molecular weight excluding hydrogens is 202 g/mol. The van der Waals surface area contributed by atoms with Crippen LogP contribution in [0.1, 0.15) is 42.1 Å². The summed E-state index contributed by atoms with van der Waals surface area (Å²) in [6.45, 7) is 5.63. The number of hydrogen-bond acceptors (Lipinski definition) is 2.